The van der Waals surface area contributed by atoms with Gasteiger partial charge in [0.05, 0.1) is 13.2 Å². The third kappa shape index (κ3) is 6.02. The Bertz CT molecular complexity index is 1520. The minimum atomic E-state index is -1.10. The number of fused-ring (bicyclic) bond motifs is 1. The standard InChI is InChI=1S/C33H30Cl2N2O4/c1-41-33(40)29(22-12-6-3-7-13-22)37-30(26-17-16-23(34)20-27(26)35)28(24-14-8-9-15-25(24)32(37)39)31(38)36-19-18-21-10-4-2-5-11-21/h2-17,20,28-31,36,38H,18-19H2,1H3/t28?,29-,30?,31?/m0/s1. The minimum absolute atomic E-state index is 0.317. The minimum Gasteiger partial charge on any atom is -0.467 e. The van der Waals surface area contributed by atoms with E-state index in [-0.39, 0.29) is 5.91 Å². The number of halogens is 2. The third-order valence-electron chi connectivity index (χ3n) is 7.47. The van der Waals surface area contributed by atoms with Gasteiger partial charge < -0.3 is 14.7 Å². The molecule has 0 aliphatic carbocycles. The third-order valence-corrected chi connectivity index (χ3v) is 8.04. The predicted octanol–water partition coefficient (Wildman–Crippen LogP) is 6.34. The molecule has 2 N–H and O–H groups in total. The zero-order valence-electron chi connectivity index (χ0n) is 22.4. The second kappa shape index (κ2) is 12.9. The fraction of sp³-hybridized carbons (Fsp3) is 0.212. The number of aliphatic hydroxyl groups is 1. The van der Waals surface area contributed by atoms with E-state index in [2.05, 4.69) is 5.32 Å². The average Bonchev–Trinajstić information content (AvgIpc) is 2.99. The Morgan fingerprint density at radius 2 is 1.59 bits per heavy atom. The summed E-state index contributed by atoms with van der Waals surface area (Å²) in [5.74, 6) is -1.66. The van der Waals surface area contributed by atoms with E-state index in [0.717, 1.165) is 5.56 Å². The van der Waals surface area contributed by atoms with E-state index in [1.807, 2.05) is 48.5 Å². The SMILES string of the molecule is COC(=O)[C@H](c1ccccc1)N1C(=O)c2ccccc2C(C(O)NCCc2ccccc2)C1c1ccc(Cl)cc1Cl. The lowest BCUT2D eigenvalue weighted by Crippen LogP contribution is -2.52. The van der Waals surface area contributed by atoms with E-state index in [9.17, 15) is 14.7 Å². The van der Waals surface area contributed by atoms with E-state index in [1.165, 1.54) is 12.0 Å². The number of esters is 1. The average molecular weight is 590 g/mol. The Kier molecular flexibility index (Phi) is 9.06. The molecule has 4 aromatic rings. The van der Waals surface area contributed by atoms with Crippen LogP contribution in [0.4, 0.5) is 0 Å². The maximum atomic E-state index is 14.3. The van der Waals surface area contributed by atoms with Crippen LogP contribution < -0.4 is 5.32 Å². The largest absolute Gasteiger partial charge is 0.467 e. The Labute approximate surface area is 249 Å². The van der Waals surface area contributed by atoms with Gasteiger partial charge in [0.1, 0.15) is 6.23 Å². The van der Waals surface area contributed by atoms with Gasteiger partial charge in [-0.2, -0.15) is 0 Å². The van der Waals surface area contributed by atoms with Gasteiger partial charge in [-0.05, 0) is 46.9 Å². The zero-order chi connectivity index (χ0) is 28.9. The highest BCUT2D eigenvalue weighted by Crippen LogP contribution is 2.49. The highest BCUT2D eigenvalue weighted by molar-refractivity contribution is 6.35. The second-order valence-electron chi connectivity index (χ2n) is 9.91. The molecule has 0 fully saturated rings. The first-order chi connectivity index (χ1) is 19.9. The molecule has 6 nitrogen and oxygen atoms in total. The number of rotatable bonds is 9. The van der Waals surface area contributed by atoms with E-state index < -0.39 is 30.2 Å². The summed E-state index contributed by atoms with van der Waals surface area (Å²) in [4.78, 5) is 29.3. The molecule has 0 bridgehead atoms. The van der Waals surface area contributed by atoms with Crippen LogP contribution in [-0.2, 0) is 16.0 Å². The molecule has 41 heavy (non-hydrogen) atoms. The van der Waals surface area contributed by atoms with E-state index in [0.29, 0.717) is 45.3 Å². The van der Waals surface area contributed by atoms with Gasteiger partial charge in [0, 0.05) is 28.1 Å². The maximum absolute atomic E-state index is 14.3. The lowest BCUT2D eigenvalue weighted by Gasteiger charge is -2.47. The van der Waals surface area contributed by atoms with Crippen LogP contribution in [0.5, 0.6) is 0 Å². The number of benzene rings is 4. The van der Waals surface area contributed by atoms with Crippen LogP contribution in [0.2, 0.25) is 10.0 Å². The van der Waals surface area contributed by atoms with Crippen LogP contribution in [0.25, 0.3) is 0 Å². The molecule has 0 spiro atoms. The molecule has 0 saturated carbocycles. The first-order valence-corrected chi connectivity index (χ1v) is 14.1. The fourth-order valence-corrected chi connectivity index (χ4v) is 6.11. The molecule has 210 valence electrons. The van der Waals surface area contributed by atoms with Crippen molar-refractivity contribution in [1.82, 2.24) is 10.2 Å². The van der Waals surface area contributed by atoms with Gasteiger partial charge in [0.25, 0.3) is 5.91 Å². The normalized spacial score (nSPS) is 18.0. The van der Waals surface area contributed by atoms with Gasteiger partial charge in [-0.25, -0.2) is 4.79 Å². The molecule has 1 heterocycles. The topological polar surface area (TPSA) is 78.9 Å². The van der Waals surface area contributed by atoms with Crippen LogP contribution >= 0.6 is 23.2 Å². The number of aliphatic hydroxyl groups excluding tert-OH is 1. The van der Waals surface area contributed by atoms with Crippen LogP contribution in [0.15, 0.2) is 103 Å². The molecule has 5 rings (SSSR count). The van der Waals surface area contributed by atoms with Gasteiger partial charge in [-0.3, -0.25) is 10.1 Å². The molecule has 1 aliphatic rings. The van der Waals surface area contributed by atoms with Crippen molar-refractivity contribution in [3.8, 4) is 0 Å². The summed E-state index contributed by atoms with van der Waals surface area (Å²) >= 11 is 13.0. The molecule has 4 aromatic carbocycles. The number of hydrogen-bond donors (Lipinski definition) is 2. The molecular formula is C33H30Cl2N2O4. The van der Waals surface area contributed by atoms with Gasteiger partial charge >= 0.3 is 5.97 Å². The van der Waals surface area contributed by atoms with Crippen LogP contribution in [-0.4, -0.2) is 41.8 Å². The van der Waals surface area contributed by atoms with Gasteiger partial charge in [0.2, 0.25) is 0 Å². The Morgan fingerprint density at radius 3 is 2.27 bits per heavy atom. The van der Waals surface area contributed by atoms with Crippen LogP contribution in [0, 0.1) is 0 Å². The number of carbonyl (C=O) groups excluding carboxylic acids is 2. The van der Waals surface area contributed by atoms with Crippen LogP contribution in [0.1, 0.15) is 50.6 Å². The Hall–Kier alpha value is -3.68. The molecule has 0 radical (unpaired) electrons. The lowest BCUT2D eigenvalue weighted by molar-refractivity contribution is -0.148. The number of ether oxygens (including phenoxy) is 1. The van der Waals surface area contributed by atoms with E-state index in [1.54, 1.807) is 54.6 Å². The van der Waals surface area contributed by atoms with Gasteiger partial charge in [-0.15, -0.1) is 0 Å². The summed E-state index contributed by atoms with van der Waals surface area (Å²) in [5, 5.41) is 15.8. The number of nitrogens with one attached hydrogen (secondary N) is 1. The summed E-state index contributed by atoms with van der Waals surface area (Å²) in [6.07, 6.45) is -0.405. The molecule has 3 unspecified atom stereocenters. The van der Waals surface area contributed by atoms with E-state index >= 15 is 0 Å². The Balaban J connectivity index is 1.65. The molecule has 1 amide bonds. The summed E-state index contributed by atoms with van der Waals surface area (Å²) in [6.45, 7) is 0.484. The van der Waals surface area contributed by atoms with Crippen molar-refractivity contribution in [3.05, 3.63) is 141 Å². The number of amides is 1. The van der Waals surface area contributed by atoms with Crippen molar-refractivity contribution in [1.29, 1.82) is 0 Å². The van der Waals surface area contributed by atoms with Crippen molar-refractivity contribution in [2.45, 2.75) is 30.7 Å². The molecule has 4 atom stereocenters. The highest BCUT2D eigenvalue weighted by Gasteiger charge is 2.49. The van der Waals surface area contributed by atoms with E-state index in [4.69, 9.17) is 27.9 Å². The number of hydrogen-bond acceptors (Lipinski definition) is 5. The molecular weight excluding hydrogens is 559 g/mol. The maximum Gasteiger partial charge on any atom is 0.333 e. The number of carbonyl (C=O) groups is 2. The lowest BCUT2D eigenvalue weighted by atomic mass is 9.77. The summed E-state index contributed by atoms with van der Waals surface area (Å²) < 4.78 is 5.23. The zero-order valence-corrected chi connectivity index (χ0v) is 23.9. The predicted molar refractivity (Wildman–Crippen MR) is 160 cm³/mol. The van der Waals surface area contributed by atoms with Crippen molar-refractivity contribution in [2.24, 2.45) is 0 Å². The first-order valence-electron chi connectivity index (χ1n) is 13.4. The Morgan fingerprint density at radius 1 is 0.927 bits per heavy atom. The number of nitrogens with zero attached hydrogens (tertiary/aromatic N) is 1. The second-order valence-corrected chi connectivity index (χ2v) is 10.8. The summed E-state index contributed by atoms with van der Waals surface area (Å²) in [6, 6.07) is 29.2. The van der Waals surface area contributed by atoms with Crippen molar-refractivity contribution in [2.75, 3.05) is 13.7 Å². The molecule has 0 saturated heterocycles. The number of methoxy groups -OCH3 is 1. The molecule has 0 aromatic heterocycles. The monoisotopic (exact) mass is 588 g/mol. The first kappa shape index (κ1) is 28.8. The summed E-state index contributed by atoms with van der Waals surface area (Å²) in [7, 11) is 1.29. The summed E-state index contributed by atoms with van der Waals surface area (Å²) in [5.41, 5.74) is 3.30. The fourth-order valence-electron chi connectivity index (χ4n) is 5.59. The smallest absolute Gasteiger partial charge is 0.333 e. The van der Waals surface area contributed by atoms with Crippen molar-refractivity contribution < 1.29 is 19.4 Å². The van der Waals surface area contributed by atoms with Crippen molar-refractivity contribution >= 4 is 35.1 Å². The molecule has 8 heteroatoms. The van der Waals surface area contributed by atoms with Crippen LogP contribution in [0.3, 0.4) is 0 Å². The van der Waals surface area contributed by atoms with Gasteiger partial charge in [0.15, 0.2) is 6.04 Å². The van der Waals surface area contributed by atoms with Crippen molar-refractivity contribution in [3.63, 3.8) is 0 Å². The highest BCUT2D eigenvalue weighted by atomic mass is 35.5. The quantitative estimate of drug-likeness (QED) is 0.176. The molecule has 1 aliphatic heterocycles. The van der Waals surface area contributed by atoms with Gasteiger partial charge in [-0.1, -0.05) is 108 Å².